The fourth-order valence-electron chi connectivity index (χ4n) is 2.78. The molecule has 5 heteroatoms. The van der Waals surface area contributed by atoms with Crippen molar-refractivity contribution in [2.75, 3.05) is 31.1 Å². The molecule has 1 aromatic heterocycles. The highest BCUT2D eigenvalue weighted by Gasteiger charge is 2.19. The van der Waals surface area contributed by atoms with E-state index in [0.29, 0.717) is 6.54 Å². The molecule has 2 heterocycles. The Morgan fingerprint density at radius 2 is 1.86 bits per heavy atom. The molecular formula is C16H20ClN3O. The first kappa shape index (κ1) is 14.4. The summed E-state index contributed by atoms with van der Waals surface area (Å²) in [4.78, 5) is 4.77. The quantitative estimate of drug-likeness (QED) is 0.943. The minimum atomic E-state index is 0.460. The van der Waals surface area contributed by atoms with E-state index in [0.717, 1.165) is 49.2 Å². The number of rotatable bonds is 4. The minimum Gasteiger partial charge on any atom is -0.468 e. The molecule has 0 radical (unpaired) electrons. The van der Waals surface area contributed by atoms with E-state index in [9.17, 15) is 0 Å². The molecule has 0 saturated carbocycles. The topological polar surface area (TPSA) is 45.6 Å². The van der Waals surface area contributed by atoms with Crippen molar-refractivity contribution in [3.05, 3.63) is 52.9 Å². The van der Waals surface area contributed by atoms with Crippen molar-refractivity contribution in [2.45, 2.75) is 13.1 Å². The van der Waals surface area contributed by atoms with Gasteiger partial charge in [-0.3, -0.25) is 4.90 Å². The number of nitrogens with zero attached hydrogens (tertiary/aromatic N) is 2. The summed E-state index contributed by atoms with van der Waals surface area (Å²) in [5, 5.41) is 0.825. The lowest BCUT2D eigenvalue weighted by Crippen LogP contribution is -2.46. The molecule has 0 spiro atoms. The van der Waals surface area contributed by atoms with Gasteiger partial charge in [-0.2, -0.15) is 0 Å². The summed E-state index contributed by atoms with van der Waals surface area (Å²) in [7, 11) is 0. The zero-order chi connectivity index (χ0) is 14.7. The Labute approximate surface area is 130 Å². The van der Waals surface area contributed by atoms with E-state index < -0.39 is 0 Å². The Hall–Kier alpha value is -1.49. The predicted octanol–water partition coefficient (Wildman–Crippen LogP) is 2.71. The van der Waals surface area contributed by atoms with Crippen LogP contribution in [0.1, 0.15) is 11.3 Å². The average molecular weight is 306 g/mol. The van der Waals surface area contributed by atoms with Crippen LogP contribution < -0.4 is 10.6 Å². The first-order chi connectivity index (χ1) is 10.3. The molecule has 1 aromatic carbocycles. The molecule has 1 aliphatic heterocycles. The number of benzene rings is 1. The molecule has 1 aliphatic rings. The SMILES string of the molecule is NCc1occc1CN1CCN(c2ccccc2Cl)CC1. The third kappa shape index (κ3) is 3.23. The molecule has 1 fully saturated rings. The van der Waals surface area contributed by atoms with Gasteiger partial charge in [0.2, 0.25) is 0 Å². The maximum absolute atomic E-state index is 6.27. The van der Waals surface area contributed by atoms with Gasteiger partial charge >= 0.3 is 0 Å². The minimum absolute atomic E-state index is 0.460. The summed E-state index contributed by atoms with van der Waals surface area (Å²) < 4.78 is 5.38. The highest BCUT2D eigenvalue weighted by Crippen LogP contribution is 2.26. The number of halogens is 1. The summed E-state index contributed by atoms with van der Waals surface area (Å²) in [6.45, 7) is 5.36. The zero-order valence-corrected chi connectivity index (χ0v) is 12.7. The van der Waals surface area contributed by atoms with Crippen LogP contribution >= 0.6 is 11.6 Å². The van der Waals surface area contributed by atoms with Crippen LogP contribution in [0.5, 0.6) is 0 Å². The molecule has 0 amide bonds. The highest BCUT2D eigenvalue weighted by atomic mass is 35.5. The van der Waals surface area contributed by atoms with Crippen LogP contribution in [-0.4, -0.2) is 31.1 Å². The lowest BCUT2D eigenvalue weighted by molar-refractivity contribution is 0.248. The molecule has 1 saturated heterocycles. The van der Waals surface area contributed by atoms with E-state index >= 15 is 0 Å². The maximum atomic E-state index is 6.27. The molecule has 0 bridgehead atoms. The Bertz CT molecular complexity index is 591. The van der Waals surface area contributed by atoms with Crippen LogP contribution in [-0.2, 0) is 13.1 Å². The Kier molecular flexibility index (Phi) is 4.48. The summed E-state index contributed by atoms with van der Waals surface area (Å²) in [5.74, 6) is 0.892. The number of nitrogens with two attached hydrogens (primary N) is 1. The van der Waals surface area contributed by atoms with E-state index in [-0.39, 0.29) is 0 Å². The van der Waals surface area contributed by atoms with Crippen molar-refractivity contribution in [3.63, 3.8) is 0 Å². The fourth-order valence-corrected chi connectivity index (χ4v) is 3.04. The van der Waals surface area contributed by atoms with Crippen LogP contribution in [0.4, 0.5) is 5.69 Å². The lowest BCUT2D eigenvalue weighted by Gasteiger charge is -2.36. The van der Waals surface area contributed by atoms with Crippen LogP contribution in [0.3, 0.4) is 0 Å². The molecule has 112 valence electrons. The van der Waals surface area contributed by atoms with Crippen LogP contribution in [0, 0.1) is 0 Å². The zero-order valence-electron chi connectivity index (χ0n) is 12.0. The second-order valence-electron chi connectivity index (χ2n) is 5.29. The lowest BCUT2D eigenvalue weighted by atomic mass is 10.2. The fraction of sp³-hybridized carbons (Fsp3) is 0.375. The van der Waals surface area contributed by atoms with Gasteiger partial charge in [0.1, 0.15) is 5.76 Å². The maximum Gasteiger partial charge on any atom is 0.121 e. The summed E-state index contributed by atoms with van der Waals surface area (Å²) >= 11 is 6.27. The monoisotopic (exact) mass is 305 g/mol. The van der Waals surface area contributed by atoms with Crippen LogP contribution in [0.15, 0.2) is 41.0 Å². The Morgan fingerprint density at radius 1 is 1.10 bits per heavy atom. The van der Waals surface area contributed by atoms with Gasteiger partial charge in [0.05, 0.1) is 23.5 Å². The standard InChI is InChI=1S/C16H20ClN3O/c17-14-3-1-2-4-15(14)20-8-6-19(7-9-20)12-13-5-10-21-16(13)11-18/h1-5,10H,6-9,11-12,18H2. The van der Waals surface area contributed by atoms with Gasteiger partial charge in [0.25, 0.3) is 0 Å². The molecule has 21 heavy (non-hydrogen) atoms. The van der Waals surface area contributed by atoms with E-state index in [1.54, 1.807) is 6.26 Å². The Morgan fingerprint density at radius 3 is 2.57 bits per heavy atom. The number of piperazine rings is 1. The number of furan rings is 1. The first-order valence-corrected chi connectivity index (χ1v) is 7.63. The first-order valence-electron chi connectivity index (χ1n) is 7.25. The molecule has 0 aliphatic carbocycles. The summed E-state index contributed by atoms with van der Waals surface area (Å²) in [6, 6.07) is 10.0. The van der Waals surface area contributed by atoms with Crippen molar-refractivity contribution < 1.29 is 4.42 Å². The highest BCUT2D eigenvalue weighted by molar-refractivity contribution is 6.33. The molecule has 2 N–H and O–H groups in total. The van der Waals surface area contributed by atoms with E-state index in [1.165, 1.54) is 5.56 Å². The number of para-hydroxylation sites is 1. The average Bonchev–Trinajstić information content (AvgIpc) is 2.96. The third-order valence-electron chi connectivity index (χ3n) is 3.98. The largest absolute Gasteiger partial charge is 0.468 e. The van der Waals surface area contributed by atoms with Gasteiger partial charge in [-0.1, -0.05) is 23.7 Å². The van der Waals surface area contributed by atoms with E-state index in [2.05, 4.69) is 15.9 Å². The van der Waals surface area contributed by atoms with Gasteiger partial charge in [-0.25, -0.2) is 0 Å². The predicted molar refractivity (Wildman–Crippen MR) is 85.5 cm³/mol. The Balaban J connectivity index is 1.59. The van der Waals surface area contributed by atoms with Gasteiger partial charge in [0, 0.05) is 38.3 Å². The third-order valence-corrected chi connectivity index (χ3v) is 4.30. The van der Waals surface area contributed by atoms with Crippen LogP contribution in [0.25, 0.3) is 0 Å². The van der Waals surface area contributed by atoms with E-state index in [1.807, 2.05) is 24.3 Å². The number of hydrogen-bond acceptors (Lipinski definition) is 4. The van der Waals surface area contributed by atoms with E-state index in [4.69, 9.17) is 21.8 Å². The van der Waals surface area contributed by atoms with Gasteiger partial charge < -0.3 is 15.1 Å². The van der Waals surface area contributed by atoms with Crippen molar-refractivity contribution in [3.8, 4) is 0 Å². The second-order valence-corrected chi connectivity index (χ2v) is 5.69. The normalized spacial score (nSPS) is 16.4. The summed E-state index contributed by atoms with van der Waals surface area (Å²) in [6.07, 6.45) is 1.72. The molecule has 3 rings (SSSR count). The number of anilines is 1. The molecule has 4 nitrogen and oxygen atoms in total. The van der Waals surface area contributed by atoms with Crippen molar-refractivity contribution >= 4 is 17.3 Å². The summed E-state index contributed by atoms with van der Waals surface area (Å²) in [5.41, 5.74) is 8.01. The van der Waals surface area contributed by atoms with Crippen molar-refractivity contribution in [2.24, 2.45) is 5.73 Å². The second kappa shape index (κ2) is 6.52. The molecule has 0 unspecified atom stereocenters. The van der Waals surface area contributed by atoms with Crippen molar-refractivity contribution in [1.29, 1.82) is 0 Å². The van der Waals surface area contributed by atoms with Crippen molar-refractivity contribution in [1.82, 2.24) is 4.90 Å². The van der Waals surface area contributed by atoms with Gasteiger partial charge in [-0.05, 0) is 18.2 Å². The van der Waals surface area contributed by atoms with Crippen LogP contribution in [0.2, 0.25) is 5.02 Å². The van der Waals surface area contributed by atoms with Gasteiger partial charge in [-0.15, -0.1) is 0 Å². The van der Waals surface area contributed by atoms with Gasteiger partial charge in [0.15, 0.2) is 0 Å². The smallest absolute Gasteiger partial charge is 0.121 e. The molecule has 0 atom stereocenters. The molecule has 2 aromatic rings. The number of hydrogen-bond donors (Lipinski definition) is 1. The molecular weight excluding hydrogens is 286 g/mol.